The molecule has 3 heteroatoms. The summed E-state index contributed by atoms with van der Waals surface area (Å²) in [5.74, 6) is 0.168. The first-order valence-electron chi connectivity index (χ1n) is 5.41. The maximum atomic E-state index is 13.3. The van der Waals surface area contributed by atoms with Crippen molar-refractivity contribution in [3.8, 4) is 5.75 Å². The van der Waals surface area contributed by atoms with E-state index < -0.39 is 5.60 Å². The van der Waals surface area contributed by atoms with Crippen LogP contribution in [0.15, 0.2) is 48.5 Å². The van der Waals surface area contributed by atoms with E-state index in [1.807, 2.05) is 30.3 Å². The largest absolute Gasteiger partial charge is 0.489 e. The molecule has 2 aromatic rings. The highest BCUT2D eigenvalue weighted by Gasteiger charge is 2.40. The molecule has 0 aliphatic carbocycles. The van der Waals surface area contributed by atoms with Crippen molar-refractivity contribution in [3.63, 3.8) is 0 Å². The van der Waals surface area contributed by atoms with E-state index in [-0.39, 0.29) is 12.4 Å². The molecule has 0 unspecified atom stereocenters. The minimum Gasteiger partial charge on any atom is -0.489 e. The fourth-order valence-electron chi connectivity index (χ4n) is 2.16. The Labute approximate surface area is 98.3 Å². The van der Waals surface area contributed by atoms with E-state index in [1.165, 1.54) is 12.1 Å². The van der Waals surface area contributed by atoms with Gasteiger partial charge in [-0.1, -0.05) is 30.3 Å². The van der Waals surface area contributed by atoms with Crippen LogP contribution in [-0.4, -0.2) is 11.7 Å². The molecule has 0 fully saturated rings. The minimum atomic E-state index is -1.25. The molecule has 0 saturated carbocycles. The molecule has 0 amide bonds. The second-order valence-electron chi connectivity index (χ2n) is 4.16. The summed E-state index contributed by atoms with van der Waals surface area (Å²) in [6.07, 6.45) is 0. The molecule has 0 bridgehead atoms. The molecule has 0 spiro atoms. The predicted molar refractivity (Wildman–Crippen MR) is 61.3 cm³/mol. The summed E-state index contributed by atoms with van der Waals surface area (Å²) in [7, 11) is 0. The summed E-state index contributed by atoms with van der Waals surface area (Å²) in [6.45, 7) is 0.121. The molecule has 1 heterocycles. The van der Waals surface area contributed by atoms with Gasteiger partial charge in [0.15, 0.2) is 5.60 Å². The third-order valence-corrected chi connectivity index (χ3v) is 3.08. The summed E-state index contributed by atoms with van der Waals surface area (Å²) in [5.41, 5.74) is -0.0494. The first-order valence-corrected chi connectivity index (χ1v) is 5.41. The number of hydrogen-bond acceptors (Lipinski definition) is 2. The van der Waals surface area contributed by atoms with E-state index in [1.54, 1.807) is 6.07 Å². The van der Waals surface area contributed by atoms with E-state index in [9.17, 15) is 9.50 Å². The van der Waals surface area contributed by atoms with Gasteiger partial charge in [-0.3, -0.25) is 0 Å². The van der Waals surface area contributed by atoms with E-state index in [2.05, 4.69) is 0 Å². The van der Waals surface area contributed by atoms with E-state index in [4.69, 9.17) is 4.74 Å². The molecule has 2 aromatic carbocycles. The molecular formula is C14H11FO2. The van der Waals surface area contributed by atoms with Gasteiger partial charge in [0.1, 0.15) is 18.2 Å². The van der Waals surface area contributed by atoms with Crippen molar-refractivity contribution in [2.75, 3.05) is 6.61 Å². The van der Waals surface area contributed by atoms with Crippen molar-refractivity contribution in [2.24, 2.45) is 0 Å². The van der Waals surface area contributed by atoms with Gasteiger partial charge >= 0.3 is 0 Å². The number of ether oxygens (including phenoxy) is 1. The lowest BCUT2D eigenvalue weighted by molar-refractivity contribution is 0.0558. The molecule has 0 saturated heterocycles. The van der Waals surface area contributed by atoms with Gasteiger partial charge in [0.25, 0.3) is 0 Å². The van der Waals surface area contributed by atoms with Gasteiger partial charge < -0.3 is 9.84 Å². The van der Waals surface area contributed by atoms with Gasteiger partial charge in [-0.25, -0.2) is 4.39 Å². The van der Waals surface area contributed by atoms with Gasteiger partial charge in [0.2, 0.25) is 0 Å². The maximum absolute atomic E-state index is 13.3. The summed E-state index contributed by atoms with van der Waals surface area (Å²) in [5, 5.41) is 10.6. The van der Waals surface area contributed by atoms with Gasteiger partial charge in [-0.15, -0.1) is 0 Å². The highest BCUT2D eigenvalue weighted by molar-refractivity contribution is 5.48. The third kappa shape index (κ3) is 1.51. The Hall–Kier alpha value is -1.87. The number of aliphatic hydroxyl groups is 1. The average molecular weight is 230 g/mol. The van der Waals surface area contributed by atoms with Crippen LogP contribution >= 0.6 is 0 Å². The van der Waals surface area contributed by atoms with Crippen molar-refractivity contribution in [1.82, 2.24) is 0 Å². The van der Waals surface area contributed by atoms with Crippen LogP contribution in [0.2, 0.25) is 0 Å². The highest BCUT2D eigenvalue weighted by Crippen LogP contribution is 2.41. The van der Waals surface area contributed by atoms with Crippen molar-refractivity contribution >= 4 is 0 Å². The predicted octanol–water partition coefficient (Wildman–Crippen LogP) is 2.45. The average Bonchev–Trinajstić information content (AvgIpc) is 2.70. The third-order valence-electron chi connectivity index (χ3n) is 3.08. The molecule has 1 aliphatic rings. The molecule has 3 rings (SSSR count). The number of halogens is 1. The quantitative estimate of drug-likeness (QED) is 0.815. The van der Waals surface area contributed by atoms with Crippen molar-refractivity contribution in [3.05, 3.63) is 65.5 Å². The zero-order chi connectivity index (χ0) is 11.9. The van der Waals surface area contributed by atoms with Gasteiger partial charge in [0.05, 0.1) is 0 Å². The fourth-order valence-corrected chi connectivity index (χ4v) is 2.16. The molecule has 1 aliphatic heterocycles. The standard InChI is InChI=1S/C14H11FO2/c15-11-6-7-13-12(8-11)14(16,9-17-13)10-4-2-1-3-5-10/h1-8,16H,9H2/t14-/m1/s1. The van der Waals surface area contributed by atoms with Crippen LogP contribution in [0.4, 0.5) is 4.39 Å². The normalized spacial score (nSPS) is 22.0. The van der Waals surface area contributed by atoms with Crippen LogP contribution in [-0.2, 0) is 5.60 Å². The Morgan fingerprint density at radius 1 is 1.12 bits per heavy atom. The lowest BCUT2D eigenvalue weighted by atomic mass is 9.88. The van der Waals surface area contributed by atoms with Crippen molar-refractivity contribution in [2.45, 2.75) is 5.60 Å². The van der Waals surface area contributed by atoms with Crippen LogP contribution in [0.5, 0.6) is 5.75 Å². The lowest BCUT2D eigenvalue weighted by Gasteiger charge is -2.21. The second-order valence-corrected chi connectivity index (χ2v) is 4.16. The van der Waals surface area contributed by atoms with E-state index >= 15 is 0 Å². The molecule has 0 radical (unpaired) electrons. The van der Waals surface area contributed by atoms with Gasteiger partial charge in [-0.05, 0) is 23.8 Å². The molecule has 2 nitrogen and oxygen atoms in total. The zero-order valence-electron chi connectivity index (χ0n) is 9.06. The van der Waals surface area contributed by atoms with Crippen LogP contribution in [0, 0.1) is 5.82 Å². The molecule has 86 valence electrons. The lowest BCUT2D eigenvalue weighted by Crippen LogP contribution is -2.28. The summed E-state index contributed by atoms with van der Waals surface area (Å²) >= 11 is 0. The smallest absolute Gasteiger partial charge is 0.152 e. The maximum Gasteiger partial charge on any atom is 0.152 e. The first-order chi connectivity index (χ1) is 8.20. The summed E-state index contributed by atoms with van der Waals surface area (Å²) in [4.78, 5) is 0. The van der Waals surface area contributed by atoms with E-state index in [0.717, 1.165) is 0 Å². The van der Waals surface area contributed by atoms with Crippen LogP contribution in [0.1, 0.15) is 11.1 Å². The Kier molecular flexibility index (Phi) is 2.16. The van der Waals surface area contributed by atoms with Crippen LogP contribution in [0.25, 0.3) is 0 Å². The number of rotatable bonds is 1. The van der Waals surface area contributed by atoms with Gasteiger partial charge in [0, 0.05) is 5.56 Å². The topological polar surface area (TPSA) is 29.5 Å². The molecule has 1 N–H and O–H groups in total. The Bertz CT molecular complexity index is 553. The number of benzene rings is 2. The molecule has 0 aromatic heterocycles. The van der Waals surface area contributed by atoms with Crippen molar-refractivity contribution in [1.29, 1.82) is 0 Å². The van der Waals surface area contributed by atoms with Crippen molar-refractivity contribution < 1.29 is 14.2 Å². The van der Waals surface area contributed by atoms with Gasteiger partial charge in [-0.2, -0.15) is 0 Å². The van der Waals surface area contributed by atoms with E-state index in [0.29, 0.717) is 16.9 Å². The van der Waals surface area contributed by atoms with Crippen LogP contribution in [0.3, 0.4) is 0 Å². The minimum absolute atomic E-state index is 0.121. The second kappa shape index (κ2) is 3.57. The monoisotopic (exact) mass is 230 g/mol. The first kappa shape index (κ1) is 10.3. The molecule has 17 heavy (non-hydrogen) atoms. The molecular weight excluding hydrogens is 219 g/mol. The fraction of sp³-hybridized carbons (Fsp3) is 0.143. The summed E-state index contributed by atoms with van der Waals surface area (Å²) in [6, 6.07) is 13.4. The molecule has 1 atom stereocenters. The Morgan fingerprint density at radius 2 is 1.88 bits per heavy atom. The summed E-state index contributed by atoms with van der Waals surface area (Å²) < 4.78 is 18.7. The van der Waals surface area contributed by atoms with Crippen LogP contribution < -0.4 is 4.74 Å². The Balaban J connectivity index is 2.16. The zero-order valence-corrected chi connectivity index (χ0v) is 9.06. The SMILES string of the molecule is O[C@@]1(c2ccccc2)COc2ccc(F)cc21. The number of hydrogen-bond donors (Lipinski definition) is 1. The number of fused-ring (bicyclic) bond motifs is 1. The highest BCUT2D eigenvalue weighted by atomic mass is 19.1. The Morgan fingerprint density at radius 3 is 2.65 bits per heavy atom.